The van der Waals surface area contributed by atoms with Gasteiger partial charge in [-0.3, -0.25) is 0 Å². The summed E-state index contributed by atoms with van der Waals surface area (Å²) in [6, 6.07) is 0. The van der Waals surface area contributed by atoms with Crippen LogP contribution in [-0.2, 0) is 4.74 Å². The summed E-state index contributed by atoms with van der Waals surface area (Å²) in [6.07, 6.45) is 0.479. The van der Waals surface area contributed by atoms with Crippen LogP contribution in [0.5, 0.6) is 0 Å². The molecule has 1 N–H and O–H groups in total. The van der Waals surface area contributed by atoms with Gasteiger partial charge in [-0.05, 0) is 20.8 Å². The molecule has 0 aliphatic carbocycles. The number of hydrogen-bond acceptors (Lipinski definition) is 5. The van der Waals surface area contributed by atoms with Gasteiger partial charge in [-0.25, -0.2) is 4.48 Å². The molecule has 0 atom stereocenters. The van der Waals surface area contributed by atoms with Gasteiger partial charge in [0.2, 0.25) is 0 Å². The van der Waals surface area contributed by atoms with Gasteiger partial charge >= 0.3 is 6.09 Å². The smallest absolute Gasteiger partial charge is 0.414 e. The minimum absolute atomic E-state index is 0.110. The molecule has 0 bridgehead atoms. The summed E-state index contributed by atoms with van der Waals surface area (Å²) in [5.74, 6) is 0. The van der Waals surface area contributed by atoms with Gasteiger partial charge in [-0.15, -0.1) is 0 Å². The molecule has 0 radical (unpaired) electrons. The third-order valence-corrected chi connectivity index (χ3v) is 3.33. The molecule has 0 unspecified atom stereocenters. The molecule has 1 heterocycles. The van der Waals surface area contributed by atoms with Crippen molar-refractivity contribution in [3.8, 4) is 0 Å². The van der Waals surface area contributed by atoms with Crippen molar-refractivity contribution in [3.63, 3.8) is 0 Å². The van der Waals surface area contributed by atoms with Crippen molar-refractivity contribution < 1.29 is 19.1 Å². The van der Waals surface area contributed by atoms with Crippen molar-refractivity contribution in [1.82, 2.24) is 0 Å². The second-order valence-electron chi connectivity index (χ2n) is 6.34. The molecular weight excluding hydrogens is 236 g/mol. The molecule has 1 aliphatic rings. The van der Waals surface area contributed by atoms with Gasteiger partial charge in [0.1, 0.15) is 12.1 Å². The molecular formula is C12H23N2O4+. The fourth-order valence-corrected chi connectivity index (χ4v) is 1.98. The number of hydrogen-bond donors (Lipinski definition) is 1. The molecule has 1 rings (SSSR count). The van der Waals surface area contributed by atoms with E-state index in [2.05, 4.69) is 5.18 Å². The lowest BCUT2D eigenvalue weighted by Gasteiger charge is -2.41. The summed E-state index contributed by atoms with van der Waals surface area (Å²) in [5.41, 5.74) is -1.57. The summed E-state index contributed by atoms with van der Waals surface area (Å²) in [4.78, 5) is 22.3. The van der Waals surface area contributed by atoms with Crippen LogP contribution in [0.1, 0.15) is 33.6 Å². The van der Waals surface area contributed by atoms with E-state index < -0.39 is 11.2 Å². The van der Waals surface area contributed by atoms with Crippen molar-refractivity contribution in [2.24, 2.45) is 5.18 Å². The van der Waals surface area contributed by atoms with E-state index >= 15 is 0 Å². The average Bonchev–Trinajstić information content (AvgIpc) is 2.21. The summed E-state index contributed by atoms with van der Waals surface area (Å²) in [7, 11) is 1.79. The summed E-state index contributed by atoms with van der Waals surface area (Å²) in [6.45, 7) is 6.29. The number of piperidine rings is 1. The SMILES string of the molecule is CC(C)(C)OC(=O)[N+]1(C)CCC(O)(CN=O)CC1. The van der Waals surface area contributed by atoms with Gasteiger partial charge < -0.3 is 9.84 Å². The van der Waals surface area contributed by atoms with Crippen LogP contribution >= 0.6 is 0 Å². The number of quaternary nitrogens is 1. The van der Waals surface area contributed by atoms with Crippen molar-refractivity contribution in [2.75, 3.05) is 26.7 Å². The van der Waals surface area contributed by atoms with Gasteiger partial charge in [-0.1, -0.05) is 5.18 Å². The Balaban J connectivity index is 2.64. The van der Waals surface area contributed by atoms with Crippen molar-refractivity contribution in [2.45, 2.75) is 44.8 Å². The Labute approximate surface area is 107 Å². The Morgan fingerprint density at radius 2 is 1.89 bits per heavy atom. The number of nitroso groups, excluding NO2 is 1. The number of rotatable bonds is 2. The lowest BCUT2D eigenvalue weighted by atomic mass is 9.90. The predicted molar refractivity (Wildman–Crippen MR) is 67.0 cm³/mol. The maximum atomic E-state index is 12.1. The number of likely N-dealkylation sites (tertiary alicyclic amines) is 1. The van der Waals surface area contributed by atoms with E-state index in [1.54, 1.807) is 7.05 Å². The Bertz CT molecular complexity index is 327. The Morgan fingerprint density at radius 3 is 2.28 bits per heavy atom. The van der Waals surface area contributed by atoms with Crippen LogP contribution in [0.25, 0.3) is 0 Å². The van der Waals surface area contributed by atoms with Crippen molar-refractivity contribution in [3.05, 3.63) is 4.91 Å². The number of nitrogens with zero attached hydrogens (tertiary/aromatic N) is 2. The quantitative estimate of drug-likeness (QED) is 0.604. The van der Waals surface area contributed by atoms with Gasteiger partial charge in [0.05, 0.1) is 25.7 Å². The molecule has 0 saturated carbocycles. The summed E-state index contributed by atoms with van der Waals surface area (Å²) < 4.78 is 5.51. The van der Waals surface area contributed by atoms with Crippen LogP contribution in [0.3, 0.4) is 0 Å². The first kappa shape index (κ1) is 15.0. The van der Waals surface area contributed by atoms with Crippen molar-refractivity contribution >= 4 is 6.09 Å². The monoisotopic (exact) mass is 259 g/mol. The Morgan fingerprint density at radius 1 is 1.39 bits per heavy atom. The second kappa shape index (κ2) is 4.93. The molecule has 1 amide bonds. The first-order valence-electron chi connectivity index (χ1n) is 6.20. The van der Waals surface area contributed by atoms with E-state index in [4.69, 9.17) is 4.74 Å². The number of amides is 1. The lowest BCUT2D eigenvalue weighted by Crippen LogP contribution is -2.59. The second-order valence-corrected chi connectivity index (χ2v) is 6.34. The van der Waals surface area contributed by atoms with Crippen LogP contribution in [0.4, 0.5) is 4.79 Å². The molecule has 0 aromatic rings. The number of aliphatic hydroxyl groups is 1. The largest absolute Gasteiger partial charge is 0.516 e. The summed E-state index contributed by atoms with van der Waals surface area (Å²) in [5, 5.41) is 12.8. The molecule has 6 heteroatoms. The van der Waals surface area contributed by atoms with E-state index in [1.807, 2.05) is 20.8 Å². The minimum atomic E-state index is -1.05. The highest BCUT2D eigenvalue weighted by Crippen LogP contribution is 2.28. The van der Waals surface area contributed by atoms with E-state index in [0.29, 0.717) is 25.9 Å². The van der Waals surface area contributed by atoms with E-state index in [9.17, 15) is 14.8 Å². The Hall–Kier alpha value is -1.01. The zero-order chi connectivity index (χ0) is 14.0. The van der Waals surface area contributed by atoms with Crippen LogP contribution < -0.4 is 0 Å². The molecule has 0 aromatic heterocycles. The van der Waals surface area contributed by atoms with Gasteiger partial charge in [-0.2, -0.15) is 9.70 Å². The van der Waals surface area contributed by atoms with E-state index in [0.717, 1.165) is 0 Å². The van der Waals surface area contributed by atoms with Crippen LogP contribution in [0.2, 0.25) is 0 Å². The molecule has 0 aromatic carbocycles. The molecule has 1 fully saturated rings. The standard InChI is InChI=1S/C12H23N2O4/c1-11(2,3)18-10(15)14(4)7-5-12(16,6-8-14)9-13-17/h16H,5-9H2,1-4H3/q+1. The molecule has 6 nitrogen and oxygen atoms in total. The molecule has 104 valence electrons. The Kier molecular flexibility index (Phi) is 4.12. The highest BCUT2D eigenvalue weighted by atomic mass is 16.6. The van der Waals surface area contributed by atoms with Crippen molar-refractivity contribution in [1.29, 1.82) is 0 Å². The first-order valence-corrected chi connectivity index (χ1v) is 6.20. The lowest BCUT2D eigenvalue weighted by molar-refractivity contribution is -0.846. The number of carbonyl (C=O) groups is 1. The normalized spacial score (nSPS) is 32.9. The minimum Gasteiger partial charge on any atom is -0.414 e. The van der Waals surface area contributed by atoms with E-state index in [1.165, 1.54) is 0 Å². The number of carbonyl (C=O) groups excluding carboxylic acids is 1. The zero-order valence-corrected chi connectivity index (χ0v) is 11.6. The fourth-order valence-electron chi connectivity index (χ4n) is 1.98. The topological polar surface area (TPSA) is 76.0 Å². The molecule has 1 saturated heterocycles. The third-order valence-electron chi connectivity index (χ3n) is 3.33. The van der Waals surface area contributed by atoms with Gasteiger partial charge in [0.25, 0.3) is 0 Å². The van der Waals surface area contributed by atoms with Gasteiger partial charge in [0, 0.05) is 12.8 Å². The third kappa shape index (κ3) is 3.74. The molecule has 0 spiro atoms. The molecule has 1 aliphatic heterocycles. The van der Waals surface area contributed by atoms with Crippen LogP contribution in [0.15, 0.2) is 5.18 Å². The molecule has 18 heavy (non-hydrogen) atoms. The zero-order valence-electron chi connectivity index (χ0n) is 11.6. The maximum absolute atomic E-state index is 12.1. The highest BCUT2D eigenvalue weighted by molar-refractivity contribution is 5.60. The average molecular weight is 259 g/mol. The number of ether oxygens (including phenoxy) is 1. The highest BCUT2D eigenvalue weighted by Gasteiger charge is 2.45. The van der Waals surface area contributed by atoms with Crippen LogP contribution in [0, 0.1) is 4.91 Å². The maximum Gasteiger partial charge on any atom is 0.516 e. The van der Waals surface area contributed by atoms with Crippen LogP contribution in [-0.4, -0.2) is 53.6 Å². The first-order chi connectivity index (χ1) is 8.10. The fraction of sp³-hybridized carbons (Fsp3) is 0.917. The van der Waals surface area contributed by atoms with Gasteiger partial charge in [0.15, 0.2) is 0 Å². The summed E-state index contributed by atoms with van der Waals surface area (Å²) >= 11 is 0. The van der Waals surface area contributed by atoms with E-state index in [-0.39, 0.29) is 17.1 Å². The predicted octanol–water partition coefficient (Wildman–Crippen LogP) is 1.66.